The molecule has 5 heteroatoms. The van der Waals surface area contributed by atoms with Crippen LogP contribution in [0.25, 0.3) is 23.4 Å². The summed E-state index contributed by atoms with van der Waals surface area (Å²) in [5.41, 5.74) is 4.83. The minimum atomic E-state index is -0.739. The number of carbonyl (C=O) groups excluding carboxylic acids is 1. The highest BCUT2D eigenvalue weighted by Crippen LogP contribution is 2.33. The van der Waals surface area contributed by atoms with Crippen molar-refractivity contribution in [2.24, 2.45) is 11.1 Å². The van der Waals surface area contributed by atoms with Crippen LogP contribution in [0.3, 0.4) is 0 Å². The Morgan fingerprint density at radius 1 is 1.20 bits per heavy atom. The molecule has 0 radical (unpaired) electrons. The zero-order valence-corrected chi connectivity index (χ0v) is 18.1. The van der Waals surface area contributed by atoms with Gasteiger partial charge in [0.15, 0.2) is 0 Å². The van der Waals surface area contributed by atoms with E-state index in [4.69, 9.17) is 0 Å². The van der Waals surface area contributed by atoms with E-state index in [1.807, 2.05) is 20.0 Å². The largest absolute Gasteiger partial charge is 0.368 e. The molecule has 1 heterocycles. The molecule has 30 heavy (non-hydrogen) atoms. The van der Waals surface area contributed by atoms with Gasteiger partial charge in [0.05, 0.1) is 0 Å². The normalized spacial score (nSPS) is 17.8. The van der Waals surface area contributed by atoms with E-state index in [0.29, 0.717) is 0 Å². The molecule has 2 N–H and O–H groups in total. The van der Waals surface area contributed by atoms with Crippen LogP contribution in [0.5, 0.6) is 0 Å². The second-order valence-electron chi connectivity index (χ2n) is 8.91. The third kappa shape index (κ3) is 3.89. The third-order valence-corrected chi connectivity index (χ3v) is 6.13. The minimum Gasteiger partial charge on any atom is -0.368 e. The number of nitrogens with zero attached hydrogens (tertiary/aromatic N) is 1. The Bertz CT molecular complexity index is 1130. The number of aryl methyl sites for hydroxylation is 2. The van der Waals surface area contributed by atoms with Gasteiger partial charge in [-0.05, 0) is 90.4 Å². The fourth-order valence-corrected chi connectivity index (χ4v) is 4.10. The predicted molar refractivity (Wildman–Crippen MR) is 121 cm³/mol. The summed E-state index contributed by atoms with van der Waals surface area (Å²) in [5, 5.41) is 11.9. The van der Waals surface area contributed by atoms with Gasteiger partial charge < -0.3 is 10.6 Å². The average Bonchev–Trinajstić information content (AvgIpc) is 3.58. The Kier molecular flexibility index (Phi) is 5.22. The van der Waals surface area contributed by atoms with Crippen LogP contribution in [0.1, 0.15) is 50.3 Å². The van der Waals surface area contributed by atoms with E-state index >= 15 is 0 Å². The molecule has 0 spiro atoms. The van der Waals surface area contributed by atoms with Crippen molar-refractivity contribution in [2.75, 3.05) is 0 Å². The molecular weight excluding hydrogens is 374 g/mol. The molecule has 0 bridgehead atoms. The van der Waals surface area contributed by atoms with Crippen molar-refractivity contribution in [2.45, 2.75) is 58.7 Å². The molecule has 1 aliphatic heterocycles. The number of nitrogens with one attached hydrogen (secondary N) is 2. The molecule has 2 aliphatic rings. The van der Waals surface area contributed by atoms with Crippen LogP contribution in [0, 0.1) is 17.7 Å². The molecule has 1 aliphatic carbocycles. The van der Waals surface area contributed by atoms with Gasteiger partial charge in [0.25, 0.3) is 0 Å². The van der Waals surface area contributed by atoms with E-state index in [1.165, 1.54) is 0 Å². The lowest BCUT2D eigenvalue weighted by atomic mass is 9.85. The van der Waals surface area contributed by atoms with E-state index in [0.717, 1.165) is 57.5 Å². The lowest BCUT2D eigenvalue weighted by Gasteiger charge is -2.22. The number of rotatable bonds is 6. The molecule has 2 aromatic carbocycles. The van der Waals surface area contributed by atoms with E-state index in [1.54, 1.807) is 0 Å². The SMILES string of the molecule is CCc1cc(-c2ccc3c(c2)=CNC(NC(=O)C2CC2)C=3)c(C)cc1C(C)(C)N=O. The summed E-state index contributed by atoms with van der Waals surface area (Å²) < 4.78 is 0. The summed E-state index contributed by atoms with van der Waals surface area (Å²) in [6, 6.07) is 10.7. The van der Waals surface area contributed by atoms with Gasteiger partial charge in [-0.25, -0.2) is 0 Å². The molecule has 1 amide bonds. The second-order valence-corrected chi connectivity index (χ2v) is 8.91. The van der Waals surface area contributed by atoms with Crippen molar-refractivity contribution in [3.05, 3.63) is 62.4 Å². The number of benzene rings is 2. The average molecular weight is 404 g/mol. The zero-order chi connectivity index (χ0) is 21.5. The van der Waals surface area contributed by atoms with E-state index < -0.39 is 5.54 Å². The molecule has 1 unspecified atom stereocenters. The van der Waals surface area contributed by atoms with E-state index in [9.17, 15) is 9.70 Å². The van der Waals surface area contributed by atoms with Gasteiger partial charge in [-0.1, -0.05) is 36.4 Å². The lowest BCUT2D eigenvalue weighted by molar-refractivity contribution is -0.122. The maximum Gasteiger partial charge on any atom is 0.224 e. The highest BCUT2D eigenvalue weighted by molar-refractivity contribution is 5.82. The number of hydrogen-bond acceptors (Lipinski definition) is 4. The summed E-state index contributed by atoms with van der Waals surface area (Å²) in [6.07, 6.45) is 6.71. The van der Waals surface area contributed by atoms with Crippen LogP contribution >= 0.6 is 0 Å². The molecule has 2 aromatic rings. The monoisotopic (exact) mass is 403 g/mol. The summed E-state index contributed by atoms with van der Waals surface area (Å²) in [4.78, 5) is 23.4. The molecule has 1 fully saturated rings. The van der Waals surface area contributed by atoms with Gasteiger partial charge in [0, 0.05) is 12.1 Å². The van der Waals surface area contributed by atoms with E-state index in [-0.39, 0.29) is 18.0 Å². The Morgan fingerprint density at radius 3 is 2.63 bits per heavy atom. The van der Waals surface area contributed by atoms with Crippen LogP contribution < -0.4 is 21.1 Å². The Hall–Kier alpha value is -2.95. The molecule has 156 valence electrons. The second kappa shape index (κ2) is 7.71. The van der Waals surface area contributed by atoms with Crippen molar-refractivity contribution in [1.82, 2.24) is 10.6 Å². The first-order chi connectivity index (χ1) is 14.3. The first-order valence-electron chi connectivity index (χ1n) is 10.7. The number of nitroso groups, excluding NO2 is 1. The van der Waals surface area contributed by atoms with Crippen LogP contribution in [-0.4, -0.2) is 12.1 Å². The highest BCUT2D eigenvalue weighted by atomic mass is 16.3. The van der Waals surface area contributed by atoms with Gasteiger partial charge >= 0.3 is 0 Å². The van der Waals surface area contributed by atoms with Crippen molar-refractivity contribution < 1.29 is 4.79 Å². The van der Waals surface area contributed by atoms with Crippen molar-refractivity contribution in [3.63, 3.8) is 0 Å². The molecular formula is C25H29N3O2. The van der Waals surface area contributed by atoms with Crippen LogP contribution in [-0.2, 0) is 16.8 Å². The van der Waals surface area contributed by atoms with Gasteiger partial charge in [-0.2, -0.15) is 0 Å². The van der Waals surface area contributed by atoms with Crippen molar-refractivity contribution in [1.29, 1.82) is 0 Å². The number of carbonyl (C=O) groups is 1. The van der Waals surface area contributed by atoms with Crippen LogP contribution in [0.4, 0.5) is 0 Å². The van der Waals surface area contributed by atoms with Gasteiger partial charge in [-0.3, -0.25) is 4.79 Å². The quantitative estimate of drug-likeness (QED) is 0.728. The molecule has 5 nitrogen and oxygen atoms in total. The molecule has 0 aromatic heterocycles. The van der Waals surface area contributed by atoms with Gasteiger partial charge in [-0.15, -0.1) is 4.91 Å². The summed E-state index contributed by atoms with van der Waals surface area (Å²) >= 11 is 0. The van der Waals surface area contributed by atoms with Crippen molar-refractivity contribution >= 4 is 18.2 Å². The maximum absolute atomic E-state index is 12.0. The predicted octanol–water partition coefficient (Wildman–Crippen LogP) is 3.20. The summed E-state index contributed by atoms with van der Waals surface area (Å²) in [5.74, 6) is 0.329. The first-order valence-corrected chi connectivity index (χ1v) is 10.7. The highest BCUT2D eigenvalue weighted by Gasteiger charge is 2.30. The van der Waals surface area contributed by atoms with Crippen LogP contribution in [0.2, 0.25) is 0 Å². The minimum absolute atomic E-state index is 0.132. The number of amides is 1. The standard InChI is InChI=1S/C25H29N3O2/c1-5-16-12-21(15(2)10-22(16)25(3,4)28-30)19-9-8-18-13-23(26-14-20(18)11-19)27-24(29)17-6-7-17/h8-14,17,23,26H,5-7H2,1-4H3,(H,27,29). The Labute approximate surface area is 177 Å². The lowest BCUT2D eigenvalue weighted by Crippen LogP contribution is -2.48. The molecule has 1 saturated carbocycles. The zero-order valence-electron chi connectivity index (χ0n) is 18.1. The maximum atomic E-state index is 12.0. The van der Waals surface area contributed by atoms with Gasteiger partial charge in [0.1, 0.15) is 11.7 Å². The topological polar surface area (TPSA) is 70.6 Å². The van der Waals surface area contributed by atoms with Gasteiger partial charge in [0.2, 0.25) is 5.91 Å². The summed E-state index contributed by atoms with van der Waals surface area (Å²) in [6.45, 7) is 7.91. The van der Waals surface area contributed by atoms with E-state index in [2.05, 4.69) is 66.1 Å². The van der Waals surface area contributed by atoms with Crippen LogP contribution in [0.15, 0.2) is 35.5 Å². The fraction of sp³-hybridized carbons (Fsp3) is 0.400. The Balaban J connectivity index is 1.68. The number of hydrogen-bond donors (Lipinski definition) is 2. The third-order valence-electron chi connectivity index (χ3n) is 6.13. The fourth-order valence-electron chi connectivity index (χ4n) is 4.10. The smallest absolute Gasteiger partial charge is 0.224 e. The van der Waals surface area contributed by atoms with Crippen molar-refractivity contribution in [3.8, 4) is 11.1 Å². The Morgan fingerprint density at radius 2 is 1.97 bits per heavy atom. The molecule has 1 atom stereocenters. The number of fused-ring (bicyclic) bond motifs is 1. The molecule has 4 rings (SSSR count). The summed E-state index contributed by atoms with van der Waals surface area (Å²) in [7, 11) is 0. The molecule has 0 saturated heterocycles. The first kappa shape index (κ1) is 20.3.